The Morgan fingerprint density at radius 2 is 2.20 bits per heavy atom. The number of phenols is 1. The van der Waals surface area contributed by atoms with Gasteiger partial charge < -0.3 is 5.11 Å². The predicted octanol–water partition coefficient (Wildman–Crippen LogP) is 0.419. The Kier molecular flexibility index (Phi) is 3.81. The molecule has 1 fully saturated rings. The molecule has 1 aromatic rings. The van der Waals surface area contributed by atoms with Gasteiger partial charge in [-0.1, -0.05) is 6.07 Å². The number of hydrogen-bond donors (Lipinski definition) is 2. The first-order valence-corrected chi connectivity index (χ1v) is 7.40. The van der Waals surface area contributed by atoms with Gasteiger partial charge in [-0.3, -0.25) is 4.79 Å². The van der Waals surface area contributed by atoms with Crippen molar-refractivity contribution >= 4 is 21.8 Å². The van der Waals surface area contributed by atoms with E-state index in [2.05, 4.69) is 0 Å². The lowest BCUT2D eigenvalue weighted by Crippen LogP contribution is -2.29. The highest BCUT2D eigenvalue weighted by molar-refractivity contribution is 7.92. The summed E-state index contributed by atoms with van der Waals surface area (Å²) in [7, 11) is -3.91. The molecule has 0 unspecified atom stereocenters. The van der Waals surface area contributed by atoms with E-state index in [0.717, 1.165) is 9.87 Å². The Morgan fingerprint density at radius 3 is 2.75 bits per heavy atom. The van der Waals surface area contributed by atoms with Gasteiger partial charge in [0, 0.05) is 6.42 Å². The second kappa shape index (κ2) is 5.38. The number of carbonyl (C=O) groups is 1. The molecule has 1 aliphatic heterocycles. The lowest BCUT2D eigenvalue weighted by molar-refractivity contribution is -0.117. The molecule has 1 aliphatic rings. The number of hydrogen-bond acceptors (Lipinski definition) is 5. The van der Waals surface area contributed by atoms with Gasteiger partial charge in [0.1, 0.15) is 12.3 Å². The highest BCUT2D eigenvalue weighted by atomic mass is 32.2. The molecule has 1 heterocycles. The molecule has 7 nitrogen and oxygen atoms in total. The van der Waals surface area contributed by atoms with Gasteiger partial charge in [-0.25, -0.2) is 9.03 Å². The molecular weight excluding hydrogens is 282 g/mol. The number of nitrogens with one attached hydrogen (secondary N) is 1. The van der Waals surface area contributed by atoms with Crippen LogP contribution in [0, 0.1) is 11.3 Å². The van der Waals surface area contributed by atoms with Crippen LogP contribution in [0.1, 0.15) is 18.4 Å². The fourth-order valence-corrected chi connectivity index (χ4v) is 3.13. The van der Waals surface area contributed by atoms with E-state index in [1.807, 2.05) is 10.8 Å². The zero-order chi connectivity index (χ0) is 14.8. The SMILES string of the molecule is N#CCCCc1ccc(N2CC(=O)NS2(=O)=O)c(O)c1. The van der Waals surface area contributed by atoms with Crippen molar-refractivity contribution in [2.45, 2.75) is 19.3 Å². The van der Waals surface area contributed by atoms with Crippen LogP contribution >= 0.6 is 0 Å². The Labute approximate surface area is 116 Å². The number of nitrogens with zero attached hydrogens (tertiary/aromatic N) is 2. The lowest BCUT2D eigenvalue weighted by Gasteiger charge is -2.16. The zero-order valence-corrected chi connectivity index (χ0v) is 11.4. The van der Waals surface area contributed by atoms with Crippen LogP contribution in [-0.4, -0.2) is 26.0 Å². The summed E-state index contributed by atoms with van der Waals surface area (Å²) >= 11 is 0. The number of carbonyl (C=O) groups excluding carboxylic acids is 1. The molecule has 20 heavy (non-hydrogen) atoms. The normalized spacial score (nSPS) is 16.8. The molecule has 1 aromatic carbocycles. The largest absolute Gasteiger partial charge is 0.506 e. The van der Waals surface area contributed by atoms with E-state index in [4.69, 9.17) is 5.26 Å². The fourth-order valence-electron chi connectivity index (χ4n) is 1.97. The van der Waals surface area contributed by atoms with Crippen molar-refractivity contribution in [3.05, 3.63) is 23.8 Å². The van der Waals surface area contributed by atoms with Crippen LogP contribution in [0.5, 0.6) is 5.75 Å². The van der Waals surface area contributed by atoms with Gasteiger partial charge in [0.05, 0.1) is 11.8 Å². The third-order valence-electron chi connectivity index (χ3n) is 2.88. The van der Waals surface area contributed by atoms with E-state index in [1.54, 1.807) is 6.07 Å². The maximum atomic E-state index is 11.7. The first-order valence-electron chi connectivity index (χ1n) is 5.96. The van der Waals surface area contributed by atoms with Crippen molar-refractivity contribution in [1.29, 1.82) is 5.26 Å². The summed E-state index contributed by atoms with van der Waals surface area (Å²) in [5.74, 6) is -0.845. The summed E-state index contributed by atoms with van der Waals surface area (Å²) in [4.78, 5) is 11.2. The maximum Gasteiger partial charge on any atom is 0.326 e. The topological polar surface area (TPSA) is 111 Å². The highest BCUT2D eigenvalue weighted by Gasteiger charge is 2.35. The quantitative estimate of drug-likeness (QED) is 0.782. The molecule has 0 bridgehead atoms. The number of unbranched alkanes of at least 4 members (excludes halogenated alkanes) is 1. The van der Waals surface area contributed by atoms with Gasteiger partial charge >= 0.3 is 10.2 Å². The van der Waals surface area contributed by atoms with Crippen molar-refractivity contribution < 1.29 is 18.3 Å². The fraction of sp³-hybridized carbons (Fsp3) is 0.333. The molecule has 2 rings (SSSR count). The standard InChI is InChI=1S/C12H13N3O4S/c13-6-2-1-3-9-4-5-10(11(16)7-9)15-8-12(17)14-20(15,18)19/h4-5,7,16H,1-3,8H2,(H,14,17). The second-order valence-corrected chi connectivity index (χ2v) is 5.97. The van der Waals surface area contributed by atoms with Crippen LogP contribution in [0.25, 0.3) is 0 Å². The lowest BCUT2D eigenvalue weighted by atomic mass is 10.1. The van der Waals surface area contributed by atoms with Crippen LogP contribution in [0.4, 0.5) is 5.69 Å². The molecule has 0 saturated carbocycles. The Morgan fingerprint density at radius 1 is 1.45 bits per heavy atom. The number of rotatable bonds is 4. The van der Waals surface area contributed by atoms with Crippen LogP contribution in [-0.2, 0) is 21.4 Å². The third-order valence-corrected chi connectivity index (χ3v) is 4.27. The molecule has 0 atom stereocenters. The van der Waals surface area contributed by atoms with Gasteiger partial charge in [-0.2, -0.15) is 13.7 Å². The summed E-state index contributed by atoms with van der Waals surface area (Å²) in [6.45, 7) is -0.344. The van der Waals surface area contributed by atoms with E-state index >= 15 is 0 Å². The number of nitriles is 1. The molecule has 2 N–H and O–H groups in total. The molecule has 0 spiro atoms. The van der Waals surface area contributed by atoms with E-state index in [1.165, 1.54) is 12.1 Å². The van der Waals surface area contributed by atoms with Crippen molar-refractivity contribution in [2.24, 2.45) is 0 Å². The smallest absolute Gasteiger partial charge is 0.326 e. The van der Waals surface area contributed by atoms with Gasteiger partial charge in [0.2, 0.25) is 0 Å². The minimum absolute atomic E-state index is 0.0624. The van der Waals surface area contributed by atoms with Crippen molar-refractivity contribution in [3.8, 4) is 11.8 Å². The van der Waals surface area contributed by atoms with Crippen LogP contribution in [0.2, 0.25) is 0 Å². The van der Waals surface area contributed by atoms with Gasteiger partial charge in [0.15, 0.2) is 0 Å². The molecule has 0 aromatic heterocycles. The van der Waals surface area contributed by atoms with Crippen molar-refractivity contribution in [2.75, 3.05) is 10.8 Å². The first kappa shape index (κ1) is 14.1. The average molecular weight is 295 g/mol. The minimum Gasteiger partial charge on any atom is -0.506 e. The number of phenolic OH excluding ortho intramolecular Hbond substituents is 1. The van der Waals surface area contributed by atoms with Gasteiger partial charge in [-0.05, 0) is 30.5 Å². The highest BCUT2D eigenvalue weighted by Crippen LogP contribution is 2.31. The number of aromatic hydroxyl groups is 1. The minimum atomic E-state index is -3.91. The van der Waals surface area contributed by atoms with Crippen LogP contribution in [0.15, 0.2) is 18.2 Å². The monoisotopic (exact) mass is 295 g/mol. The molecule has 1 amide bonds. The number of aryl methyl sites for hydroxylation is 1. The van der Waals surface area contributed by atoms with E-state index in [-0.39, 0.29) is 18.0 Å². The number of benzene rings is 1. The van der Waals surface area contributed by atoms with Crippen molar-refractivity contribution in [3.63, 3.8) is 0 Å². The average Bonchev–Trinajstić information content (AvgIpc) is 2.63. The van der Waals surface area contributed by atoms with E-state index in [0.29, 0.717) is 19.3 Å². The maximum absolute atomic E-state index is 11.7. The summed E-state index contributed by atoms with van der Waals surface area (Å²) in [5, 5.41) is 18.4. The molecule has 0 radical (unpaired) electrons. The first-order chi connectivity index (χ1) is 9.44. The van der Waals surface area contributed by atoms with E-state index in [9.17, 15) is 18.3 Å². The third kappa shape index (κ3) is 2.83. The molecule has 0 aliphatic carbocycles. The van der Waals surface area contributed by atoms with Crippen LogP contribution < -0.4 is 9.03 Å². The number of amides is 1. The predicted molar refractivity (Wildman–Crippen MR) is 71.1 cm³/mol. The molecule has 8 heteroatoms. The van der Waals surface area contributed by atoms with Gasteiger partial charge in [0.25, 0.3) is 5.91 Å². The second-order valence-electron chi connectivity index (χ2n) is 4.37. The van der Waals surface area contributed by atoms with Crippen molar-refractivity contribution in [1.82, 2.24) is 4.72 Å². The summed E-state index contributed by atoms with van der Waals surface area (Å²) in [5.41, 5.74) is 0.866. The Bertz CT molecular complexity index is 678. The summed E-state index contributed by atoms with van der Waals surface area (Å²) < 4.78 is 26.0. The summed E-state index contributed by atoms with van der Waals surface area (Å²) in [6.07, 6.45) is 1.70. The zero-order valence-electron chi connectivity index (χ0n) is 10.5. The van der Waals surface area contributed by atoms with E-state index < -0.39 is 16.1 Å². The Hall–Kier alpha value is -2.27. The summed E-state index contributed by atoms with van der Waals surface area (Å²) in [6, 6.07) is 6.60. The molecule has 106 valence electrons. The molecule has 1 saturated heterocycles. The number of anilines is 1. The van der Waals surface area contributed by atoms with Gasteiger partial charge in [-0.15, -0.1) is 0 Å². The van der Waals surface area contributed by atoms with Crippen LogP contribution in [0.3, 0.4) is 0 Å². The Balaban J connectivity index is 2.22. The molecular formula is C12H13N3O4S.